The van der Waals surface area contributed by atoms with E-state index in [1.165, 1.54) is 5.56 Å². The maximum atomic E-state index is 9.69. The second-order valence-corrected chi connectivity index (χ2v) is 5.69. The normalized spacial score (nSPS) is 27.9. The molecule has 4 heteroatoms. The molecule has 0 aromatic heterocycles. The molecule has 0 spiro atoms. The van der Waals surface area contributed by atoms with Gasteiger partial charge < -0.3 is 19.9 Å². The fourth-order valence-corrected chi connectivity index (χ4v) is 2.54. The molecule has 1 saturated carbocycles. The van der Waals surface area contributed by atoms with Crippen LogP contribution < -0.4 is 14.8 Å². The van der Waals surface area contributed by atoms with Crippen molar-refractivity contribution in [1.82, 2.24) is 5.32 Å². The first-order chi connectivity index (χ1) is 8.57. The van der Waals surface area contributed by atoms with Gasteiger partial charge in [0.25, 0.3) is 0 Å². The number of nitrogens with one attached hydrogen (secondary N) is 1. The lowest BCUT2D eigenvalue weighted by molar-refractivity contribution is -0.0729. The number of hydrogen-bond donors (Lipinski definition) is 2. The first-order valence-electron chi connectivity index (χ1n) is 6.37. The third-order valence-corrected chi connectivity index (χ3v) is 4.21. The molecule has 18 heavy (non-hydrogen) atoms. The van der Waals surface area contributed by atoms with Gasteiger partial charge in [0.2, 0.25) is 6.79 Å². The monoisotopic (exact) mass is 249 g/mol. The Morgan fingerprint density at radius 3 is 2.83 bits per heavy atom. The third kappa shape index (κ3) is 1.85. The van der Waals surface area contributed by atoms with Crippen LogP contribution in [-0.2, 0) is 6.54 Å². The first kappa shape index (κ1) is 11.8. The summed E-state index contributed by atoms with van der Waals surface area (Å²) in [5.74, 6) is 1.64. The lowest BCUT2D eigenvalue weighted by Crippen LogP contribution is -2.59. The SMILES string of the molecule is CC1(C)C(O)CC1NCc1ccc2c(c1)OCO2. The van der Waals surface area contributed by atoms with E-state index in [9.17, 15) is 5.11 Å². The summed E-state index contributed by atoms with van der Waals surface area (Å²) in [5.41, 5.74) is 1.15. The van der Waals surface area contributed by atoms with Crippen LogP contribution in [0, 0.1) is 5.41 Å². The zero-order chi connectivity index (χ0) is 12.8. The number of fused-ring (bicyclic) bond motifs is 1. The van der Waals surface area contributed by atoms with Crippen LogP contribution in [0.4, 0.5) is 0 Å². The molecule has 1 aromatic rings. The molecule has 1 heterocycles. The van der Waals surface area contributed by atoms with Crippen LogP contribution in [0.5, 0.6) is 11.5 Å². The van der Waals surface area contributed by atoms with Crippen molar-refractivity contribution in [1.29, 1.82) is 0 Å². The Hall–Kier alpha value is -1.26. The van der Waals surface area contributed by atoms with Gasteiger partial charge in [0.1, 0.15) is 0 Å². The van der Waals surface area contributed by atoms with Gasteiger partial charge in [0.15, 0.2) is 11.5 Å². The van der Waals surface area contributed by atoms with Crippen molar-refractivity contribution in [2.75, 3.05) is 6.79 Å². The molecule has 2 N–H and O–H groups in total. The number of ether oxygens (including phenoxy) is 2. The van der Waals surface area contributed by atoms with Gasteiger partial charge in [0, 0.05) is 18.0 Å². The van der Waals surface area contributed by atoms with E-state index in [1.807, 2.05) is 18.2 Å². The van der Waals surface area contributed by atoms with Crippen molar-refractivity contribution < 1.29 is 14.6 Å². The first-order valence-corrected chi connectivity index (χ1v) is 6.37. The molecule has 1 aromatic carbocycles. The van der Waals surface area contributed by atoms with E-state index >= 15 is 0 Å². The van der Waals surface area contributed by atoms with E-state index in [4.69, 9.17) is 9.47 Å². The average Bonchev–Trinajstić information content (AvgIpc) is 2.81. The molecule has 98 valence electrons. The van der Waals surface area contributed by atoms with Crippen LogP contribution in [0.25, 0.3) is 0 Å². The second kappa shape index (κ2) is 4.14. The van der Waals surface area contributed by atoms with Gasteiger partial charge in [-0.1, -0.05) is 19.9 Å². The zero-order valence-corrected chi connectivity index (χ0v) is 10.8. The molecule has 2 aliphatic rings. The minimum absolute atomic E-state index is 0.0314. The lowest BCUT2D eigenvalue weighted by atomic mass is 9.64. The quantitative estimate of drug-likeness (QED) is 0.855. The standard InChI is InChI=1S/C14H19NO3/c1-14(2)12(6-13(14)16)15-7-9-3-4-10-11(5-9)18-8-17-10/h3-5,12-13,15-16H,6-8H2,1-2H3. The van der Waals surface area contributed by atoms with E-state index in [0.29, 0.717) is 12.8 Å². The van der Waals surface area contributed by atoms with Crippen molar-refractivity contribution >= 4 is 0 Å². The fraction of sp³-hybridized carbons (Fsp3) is 0.571. The molecule has 1 fully saturated rings. The number of rotatable bonds is 3. The molecule has 2 atom stereocenters. The second-order valence-electron chi connectivity index (χ2n) is 5.69. The van der Waals surface area contributed by atoms with Crippen molar-refractivity contribution in [3.05, 3.63) is 23.8 Å². The molecule has 1 aliphatic heterocycles. The van der Waals surface area contributed by atoms with Gasteiger partial charge in [-0.25, -0.2) is 0 Å². The van der Waals surface area contributed by atoms with Crippen LogP contribution in [0.3, 0.4) is 0 Å². The fourth-order valence-electron chi connectivity index (χ4n) is 2.54. The lowest BCUT2D eigenvalue weighted by Gasteiger charge is -2.49. The smallest absolute Gasteiger partial charge is 0.231 e. The van der Waals surface area contributed by atoms with Gasteiger partial charge in [0.05, 0.1) is 6.10 Å². The van der Waals surface area contributed by atoms with Crippen LogP contribution in [0.2, 0.25) is 0 Å². The Morgan fingerprint density at radius 1 is 1.33 bits per heavy atom. The molecule has 4 nitrogen and oxygen atoms in total. The minimum Gasteiger partial charge on any atom is -0.454 e. The number of aliphatic hydroxyl groups excluding tert-OH is 1. The van der Waals surface area contributed by atoms with Gasteiger partial charge >= 0.3 is 0 Å². The molecule has 0 bridgehead atoms. The Bertz CT molecular complexity index is 458. The van der Waals surface area contributed by atoms with E-state index in [-0.39, 0.29) is 11.5 Å². The molecule has 3 rings (SSSR count). The van der Waals surface area contributed by atoms with Crippen LogP contribution in [0.15, 0.2) is 18.2 Å². The highest BCUT2D eigenvalue weighted by Gasteiger charge is 2.46. The minimum atomic E-state index is -0.188. The van der Waals surface area contributed by atoms with Crippen molar-refractivity contribution in [2.24, 2.45) is 5.41 Å². The number of aliphatic hydroxyl groups is 1. The maximum Gasteiger partial charge on any atom is 0.231 e. The Balaban J connectivity index is 1.61. The zero-order valence-electron chi connectivity index (χ0n) is 10.8. The van der Waals surface area contributed by atoms with E-state index < -0.39 is 0 Å². The molecular weight excluding hydrogens is 230 g/mol. The molecular formula is C14H19NO3. The van der Waals surface area contributed by atoms with Crippen LogP contribution in [0.1, 0.15) is 25.8 Å². The molecule has 1 aliphatic carbocycles. The summed E-state index contributed by atoms with van der Waals surface area (Å²) in [6.07, 6.45) is 0.643. The van der Waals surface area contributed by atoms with Crippen molar-refractivity contribution in [3.8, 4) is 11.5 Å². The Morgan fingerprint density at radius 2 is 2.11 bits per heavy atom. The molecule has 0 radical (unpaired) electrons. The summed E-state index contributed by atoms with van der Waals surface area (Å²) in [5, 5.41) is 13.2. The third-order valence-electron chi connectivity index (χ3n) is 4.21. The van der Waals surface area contributed by atoms with Crippen molar-refractivity contribution in [2.45, 2.75) is 39.0 Å². The van der Waals surface area contributed by atoms with Crippen LogP contribution in [-0.4, -0.2) is 24.0 Å². The van der Waals surface area contributed by atoms with E-state index in [2.05, 4.69) is 19.2 Å². The van der Waals surface area contributed by atoms with Gasteiger partial charge in [-0.3, -0.25) is 0 Å². The summed E-state index contributed by atoms with van der Waals surface area (Å²) in [6, 6.07) is 6.37. The Labute approximate surface area is 107 Å². The predicted octanol–water partition coefficient (Wildman–Crippen LogP) is 1.66. The molecule has 2 unspecified atom stereocenters. The number of hydrogen-bond acceptors (Lipinski definition) is 4. The van der Waals surface area contributed by atoms with E-state index in [1.54, 1.807) is 0 Å². The largest absolute Gasteiger partial charge is 0.454 e. The summed E-state index contributed by atoms with van der Waals surface area (Å²) in [4.78, 5) is 0. The predicted molar refractivity (Wildman–Crippen MR) is 67.6 cm³/mol. The highest BCUT2D eigenvalue weighted by Crippen LogP contribution is 2.40. The molecule has 0 saturated heterocycles. The summed E-state index contributed by atoms with van der Waals surface area (Å²) in [7, 11) is 0. The summed E-state index contributed by atoms with van der Waals surface area (Å²) in [6.45, 7) is 5.29. The average molecular weight is 249 g/mol. The number of benzene rings is 1. The van der Waals surface area contributed by atoms with Gasteiger partial charge in [-0.05, 0) is 24.1 Å². The summed E-state index contributed by atoms with van der Waals surface area (Å²) >= 11 is 0. The van der Waals surface area contributed by atoms with Gasteiger partial charge in [-0.2, -0.15) is 0 Å². The van der Waals surface area contributed by atoms with Gasteiger partial charge in [-0.15, -0.1) is 0 Å². The van der Waals surface area contributed by atoms with Crippen LogP contribution >= 0.6 is 0 Å². The maximum absolute atomic E-state index is 9.69. The topological polar surface area (TPSA) is 50.7 Å². The van der Waals surface area contributed by atoms with Crippen molar-refractivity contribution in [3.63, 3.8) is 0 Å². The van der Waals surface area contributed by atoms with E-state index in [0.717, 1.165) is 24.5 Å². The highest BCUT2D eigenvalue weighted by atomic mass is 16.7. The molecule has 0 amide bonds. The highest BCUT2D eigenvalue weighted by molar-refractivity contribution is 5.44. The summed E-state index contributed by atoms with van der Waals surface area (Å²) < 4.78 is 10.6. The Kier molecular flexibility index (Phi) is 2.72.